The van der Waals surface area contributed by atoms with Gasteiger partial charge in [0, 0.05) is 12.6 Å². The summed E-state index contributed by atoms with van der Waals surface area (Å²) in [5, 5.41) is 7.81. The standard InChI is InChI=1S/C15H22N2O4S/c1-11-14(22(16,19)20)10-13(21-11)15(18)17-9-8-12-6-4-2-3-5-7-12/h6,10H,2-5,7-9H2,1H3,(H,17,18)(H2,16,19,20). The van der Waals surface area contributed by atoms with Crippen LogP contribution in [0.4, 0.5) is 0 Å². The minimum Gasteiger partial charge on any atom is -0.455 e. The molecule has 1 amide bonds. The minimum absolute atomic E-state index is 0.0311. The smallest absolute Gasteiger partial charge is 0.287 e. The molecule has 0 aliphatic heterocycles. The molecule has 1 aromatic heterocycles. The summed E-state index contributed by atoms with van der Waals surface area (Å²) in [6, 6.07) is 1.17. The van der Waals surface area contributed by atoms with Crippen LogP contribution in [0.5, 0.6) is 0 Å². The van der Waals surface area contributed by atoms with E-state index < -0.39 is 15.9 Å². The number of aryl methyl sites for hydroxylation is 1. The molecule has 0 aromatic carbocycles. The Bertz CT molecular complexity index is 674. The second kappa shape index (κ2) is 7.11. The lowest BCUT2D eigenvalue weighted by molar-refractivity contribution is 0.0925. The van der Waals surface area contributed by atoms with Gasteiger partial charge in [-0.15, -0.1) is 0 Å². The van der Waals surface area contributed by atoms with Gasteiger partial charge in [-0.05, 0) is 39.0 Å². The molecule has 0 bridgehead atoms. The number of hydrogen-bond donors (Lipinski definition) is 2. The fourth-order valence-corrected chi connectivity index (χ4v) is 3.31. The van der Waals surface area contributed by atoms with Gasteiger partial charge in [-0.25, -0.2) is 13.6 Å². The number of sulfonamides is 1. The number of nitrogens with two attached hydrogens (primary N) is 1. The second-order valence-electron chi connectivity index (χ2n) is 5.54. The topological polar surface area (TPSA) is 102 Å². The summed E-state index contributed by atoms with van der Waals surface area (Å²) >= 11 is 0. The molecule has 2 rings (SSSR count). The first-order valence-electron chi connectivity index (χ1n) is 7.47. The summed E-state index contributed by atoms with van der Waals surface area (Å²) < 4.78 is 27.8. The molecule has 0 radical (unpaired) electrons. The van der Waals surface area contributed by atoms with Crippen LogP contribution in [-0.4, -0.2) is 20.9 Å². The molecule has 0 unspecified atom stereocenters. The van der Waals surface area contributed by atoms with Crippen molar-refractivity contribution in [2.75, 3.05) is 6.54 Å². The lowest BCUT2D eigenvalue weighted by Crippen LogP contribution is -2.24. The second-order valence-corrected chi connectivity index (χ2v) is 7.07. The van der Waals surface area contributed by atoms with Crippen LogP contribution in [-0.2, 0) is 10.0 Å². The SMILES string of the molecule is Cc1oc(C(=O)NCCC2=CCCCCC2)cc1S(N)(=O)=O. The van der Waals surface area contributed by atoms with E-state index in [1.165, 1.54) is 37.8 Å². The number of allylic oxidation sites excluding steroid dienone is 1. The van der Waals surface area contributed by atoms with Gasteiger partial charge in [-0.2, -0.15) is 0 Å². The molecule has 0 fully saturated rings. The van der Waals surface area contributed by atoms with Gasteiger partial charge in [-0.1, -0.05) is 18.1 Å². The number of hydrogen-bond acceptors (Lipinski definition) is 4. The van der Waals surface area contributed by atoms with Crippen molar-refractivity contribution in [2.24, 2.45) is 5.14 Å². The highest BCUT2D eigenvalue weighted by Crippen LogP contribution is 2.20. The van der Waals surface area contributed by atoms with Crippen LogP contribution < -0.4 is 10.5 Å². The number of primary sulfonamides is 1. The van der Waals surface area contributed by atoms with E-state index >= 15 is 0 Å². The van der Waals surface area contributed by atoms with E-state index in [-0.39, 0.29) is 16.4 Å². The first kappa shape index (κ1) is 16.8. The Morgan fingerprint density at radius 2 is 2.14 bits per heavy atom. The minimum atomic E-state index is -3.87. The summed E-state index contributed by atoms with van der Waals surface area (Å²) in [7, 11) is -3.87. The predicted molar refractivity (Wildman–Crippen MR) is 82.9 cm³/mol. The van der Waals surface area contributed by atoms with Crippen LogP contribution in [0.3, 0.4) is 0 Å². The third-order valence-electron chi connectivity index (χ3n) is 3.77. The number of amides is 1. The first-order chi connectivity index (χ1) is 10.4. The maximum atomic E-state index is 12.0. The number of carbonyl (C=O) groups excluding carboxylic acids is 1. The molecule has 1 heterocycles. The van der Waals surface area contributed by atoms with E-state index in [1.54, 1.807) is 0 Å². The first-order valence-corrected chi connectivity index (χ1v) is 9.02. The quantitative estimate of drug-likeness (QED) is 0.810. The van der Waals surface area contributed by atoms with Gasteiger partial charge in [0.25, 0.3) is 5.91 Å². The molecule has 1 aliphatic carbocycles. The molecule has 22 heavy (non-hydrogen) atoms. The fraction of sp³-hybridized carbons (Fsp3) is 0.533. The van der Waals surface area contributed by atoms with E-state index in [1.807, 2.05) is 0 Å². The number of nitrogens with one attached hydrogen (secondary N) is 1. The number of furan rings is 1. The van der Waals surface area contributed by atoms with Crippen LogP contribution in [0.1, 0.15) is 54.8 Å². The fourth-order valence-electron chi connectivity index (χ4n) is 2.59. The lowest BCUT2D eigenvalue weighted by Gasteiger charge is -2.06. The maximum absolute atomic E-state index is 12.0. The Balaban J connectivity index is 1.91. The summed E-state index contributed by atoms with van der Waals surface area (Å²) in [6.45, 7) is 1.97. The average molecular weight is 326 g/mol. The third kappa shape index (κ3) is 4.45. The van der Waals surface area contributed by atoms with Crippen molar-refractivity contribution >= 4 is 15.9 Å². The van der Waals surface area contributed by atoms with Gasteiger partial charge in [0.1, 0.15) is 10.7 Å². The molecular formula is C15H22N2O4S. The van der Waals surface area contributed by atoms with Gasteiger partial charge < -0.3 is 9.73 Å². The van der Waals surface area contributed by atoms with Crippen molar-refractivity contribution in [1.82, 2.24) is 5.32 Å². The molecule has 0 spiro atoms. The maximum Gasteiger partial charge on any atom is 0.287 e. The average Bonchev–Trinajstić information content (AvgIpc) is 2.67. The number of carbonyl (C=O) groups is 1. The third-order valence-corrected chi connectivity index (χ3v) is 4.79. The molecule has 1 aromatic rings. The molecule has 1 aliphatic rings. The van der Waals surface area contributed by atoms with E-state index in [4.69, 9.17) is 9.56 Å². The molecular weight excluding hydrogens is 304 g/mol. The predicted octanol–water partition coefficient (Wildman–Crippen LogP) is 2.25. The van der Waals surface area contributed by atoms with Crippen LogP contribution >= 0.6 is 0 Å². The highest BCUT2D eigenvalue weighted by Gasteiger charge is 2.20. The van der Waals surface area contributed by atoms with Crippen LogP contribution in [0.15, 0.2) is 27.0 Å². The Labute approximate surface area is 130 Å². The van der Waals surface area contributed by atoms with E-state index in [9.17, 15) is 13.2 Å². The Hall–Kier alpha value is -1.60. The highest BCUT2D eigenvalue weighted by molar-refractivity contribution is 7.89. The Kier molecular flexibility index (Phi) is 5.42. The van der Waals surface area contributed by atoms with Crippen LogP contribution in [0, 0.1) is 6.92 Å². The molecule has 122 valence electrons. The van der Waals surface area contributed by atoms with Crippen molar-refractivity contribution < 1.29 is 17.6 Å². The molecule has 0 atom stereocenters. The van der Waals surface area contributed by atoms with Crippen molar-refractivity contribution in [1.29, 1.82) is 0 Å². The van der Waals surface area contributed by atoms with Crippen LogP contribution in [0.2, 0.25) is 0 Å². The largest absolute Gasteiger partial charge is 0.455 e. The van der Waals surface area contributed by atoms with Gasteiger partial charge in [0.2, 0.25) is 10.0 Å². The van der Waals surface area contributed by atoms with Gasteiger partial charge in [0.05, 0.1) is 0 Å². The molecule has 3 N–H and O–H groups in total. The Morgan fingerprint density at radius 3 is 2.82 bits per heavy atom. The summed E-state index contributed by atoms with van der Waals surface area (Å²) in [5.74, 6) is -0.331. The van der Waals surface area contributed by atoms with E-state index in [0.717, 1.165) is 19.3 Å². The van der Waals surface area contributed by atoms with E-state index in [0.29, 0.717) is 6.54 Å². The summed E-state index contributed by atoms with van der Waals surface area (Å²) in [6.07, 6.45) is 8.97. The molecule has 7 heteroatoms. The Morgan fingerprint density at radius 1 is 1.36 bits per heavy atom. The molecule has 6 nitrogen and oxygen atoms in total. The molecule has 0 saturated heterocycles. The van der Waals surface area contributed by atoms with Gasteiger partial charge >= 0.3 is 0 Å². The van der Waals surface area contributed by atoms with E-state index in [2.05, 4.69) is 11.4 Å². The summed E-state index contributed by atoms with van der Waals surface area (Å²) in [4.78, 5) is 11.8. The van der Waals surface area contributed by atoms with Gasteiger partial charge in [0.15, 0.2) is 5.76 Å². The van der Waals surface area contributed by atoms with Crippen molar-refractivity contribution in [3.8, 4) is 0 Å². The lowest BCUT2D eigenvalue weighted by atomic mass is 10.1. The summed E-state index contributed by atoms with van der Waals surface area (Å²) in [5.41, 5.74) is 1.37. The monoisotopic (exact) mass is 326 g/mol. The molecule has 0 saturated carbocycles. The van der Waals surface area contributed by atoms with Crippen molar-refractivity contribution in [3.05, 3.63) is 29.2 Å². The number of rotatable bonds is 5. The van der Waals surface area contributed by atoms with Crippen LogP contribution in [0.25, 0.3) is 0 Å². The highest BCUT2D eigenvalue weighted by atomic mass is 32.2. The zero-order valence-corrected chi connectivity index (χ0v) is 13.5. The van der Waals surface area contributed by atoms with Crippen molar-refractivity contribution in [3.63, 3.8) is 0 Å². The zero-order chi connectivity index (χ0) is 16.2. The van der Waals surface area contributed by atoms with Crippen molar-refractivity contribution in [2.45, 2.75) is 50.3 Å². The van der Waals surface area contributed by atoms with Gasteiger partial charge in [-0.3, -0.25) is 4.79 Å². The zero-order valence-electron chi connectivity index (χ0n) is 12.7. The normalized spacial score (nSPS) is 16.0.